The molecule has 0 spiro atoms. The van der Waals surface area contributed by atoms with Crippen LogP contribution in [0.3, 0.4) is 0 Å². The third-order valence-electron chi connectivity index (χ3n) is 4.64. The molecule has 1 aromatic heterocycles. The van der Waals surface area contributed by atoms with E-state index in [0.29, 0.717) is 30.2 Å². The molecule has 0 unspecified atom stereocenters. The molecule has 1 N–H and O–H groups in total. The third kappa shape index (κ3) is 4.02. The molecule has 2 aromatic rings. The van der Waals surface area contributed by atoms with Crippen LogP contribution < -0.4 is 9.62 Å². The van der Waals surface area contributed by atoms with Gasteiger partial charge in [0.25, 0.3) is 5.91 Å². The molecule has 0 saturated carbocycles. The Morgan fingerprint density at radius 1 is 1.39 bits per heavy atom. The van der Waals surface area contributed by atoms with Crippen molar-refractivity contribution in [3.05, 3.63) is 41.5 Å². The maximum absolute atomic E-state index is 12.4. The molecule has 28 heavy (non-hydrogen) atoms. The van der Waals surface area contributed by atoms with Crippen LogP contribution in [-0.2, 0) is 14.8 Å². The van der Waals surface area contributed by atoms with Crippen molar-refractivity contribution in [2.24, 2.45) is 0 Å². The molecule has 0 aliphatic carbocycles. The number of methoxy groups -OCH3 is 1. The second-order valence-corrected chi connectivity index (χ2v) is 8.95. The first-order valence-corrected chi connectivity index (χ1v) is 10.9. The molecule has 152 valence electrons. The van der Waals surface area contributed by atoms with E-state index in [1.807, 2.05) is 13.8 Å². The molecule has 0 radical (unpaired) electrons. The molecule has 1 amide bonds. The number of amides is 1. The highest BCUT2D eigenvalue weighted by atomic mass is 32.2. The Morgan fingerprint density at radius 3 is 2.75 bits per heavy atom. The zero-order chi connectivity index (χ0) is 20.5. The van der Waals surface area contributed by atoms with Crippen molar-refractivity contribution in [2.75, 3.05) is 37.4 Å². The number of fused-ring (bicyclic) bond motifs is 1. The SMILES string of the molecule is COCCNC(=O)c1ccc2c(c1)[C@@H](c1ncn(C(C)C)n1)CN2S(C)(=O)=O. The van der Waals surface area contributed by atoms with E-state index in [-0.39, 0.29) is 24.4 Å². The van der Waals surface area contributed by atoms with Gasteiger partial charge < -0.3 is 10.1 Å². The van der Waals surface area contributed by atoms with Gasteiger partial charge >= 0.3 is 0 Å². The highest BCUT2D eigenvalue weighted by Gasteiger charge is 2.37. The first-order chi connectivity index (χ1) is 13.2. The van der Waals surface area contributed by atoms with Crippen LogP contribution in [0.5, 0.6) is 0 Å². The summed E-state index contributed by atoms with van der Waals surface area (Å²) in [4.78, 5) is 16.8. The minimum atomic E-state index is -3.46. The number of ether oxygens (including phenoxy) is 1. The maximum Gasteiger partial charge on any atom is 0.251 e. The molecule has 1 aliphatic rings. The number of anilines is 1. The monoisotopic (exact) mass is 407 g/mol. The first-order valence-electron chi connectivity index (χ1n) is 9.02. The smallest absolute Gasteiger partial charge is 0.251 e. The topological polar surface area (TPSA) is 106 Å². The lowest BCUT2D eigenvalue weighted by Gasteiger charge is -2.16. The average Bonchev–Trinajstić information content (AvgIpc) is 3.25. The van der Waals surface area contributed by atoms with Gasteiger partial charge in [-0.25, -0.2) is 13.4 Å². The molecule has 0 saturated heterocycles. The summed E-state index contributed by atoms with van der Waals surface area (Å²) in [6.07, 6.45) is 2.81. The summed E-state index contributed by atoms with van der Waals surface area (Å²) >= 11 is 0. The van der Waals surface area contributed by atoms with Crippen LogP contribution >= 0.6 is 0 Å². The van der Waals surface area contributed by atoms with Gasteiger partial charge in [0, 0.05) is 31.8 Å². The van der Waals surface area contributed by atoms with E-state index >= 15 is 0 Å². The van der Waals surface area contributed by atoms with Gasteiger partial charge in [-0.3, -0.25) is 13.8 Å². The van der Waals surface area contributed by atoms with Crippen molar-refractivity contribution in [3.63, 3.8) is 0 Å². The summed E-state index contributed by atoms with van der Waals surface area (Å²) in [5.74, 6) is -0.0356. The molecule has 10 heteroatoms. The number of carbonyl (C=O) groups excluding carboxylic acids is 1. The Balaban J connectivity index is 1.98. The van der Waals surface area contributed by atoms with E-state index in [4.69, 9.17) is 4.74 Å². The maximum atomic E-state index is 12.4. The quantitative estimate of drug-likeness (QED) is 0.690. The normalized spacial score (nSPS) is 16.5. The second-order valence-electron chi connectivity index (χ2n) is 7.05. The van der Waals surface area contributed by atoms with Crippen LogP contribution in [0, 0.1) is 0 Å². The van der Waals surface area contributed by atoms with E-state index in [1.54, 1.807) is 36.3 Å². The van der Waals surface area contributed by atoms with E-state index in [2.05, 4.69) is 15.4 Å². The minimum absolute atomic E-state index is 0.144. The van der Waals surface area contributed by atoms with Crippen molar-refractivity contribution in [3.8, 4) is 0 Å². The third-order valence-corrected chi connectivity index (χ3v) is 5.79. The second kappa shape index (κ2) is 7.88. The Kier molecular flexibility index (Phi) is 5.71. The number of hydrogen-bond acceptors (Lipinski definition) is 6. The lowest BCUT2D eigenvalue weighted by molar-refractivity contribution is 0.0937. The van der Waals surface area contributed by atoms with Crippen LogP contribution in [0.25, 0.3) is 0 Å². The Hall–Kier alpha value is -2.46. The summed E-state index contributed by atoms with van der Waals surface area (Å²) in [6.45, 7) is 5.01. The van der Waals surface area contributed by atoms with Crippen LogP contribution in [0.2, 0.25) is 0 Å². The van der Waals surface area contributed by atoms with Gasteiger partial charge in [-0.05, 0) is 37.6 Å². The number of sulfonamides is 1. The Morgan fingerprint density at radius 2 is 2.14 bits per heavy atom. The molecular formula is C18H25N5O4S. The van der Waals surface area contributed by atoms with Crippen molar-refractivity contribution in [1.82, 2.24) is 20.1 Å². The fraction of sp³-hybridized carbons (Fsp3) is 0.500. The lowest BCUT2D eigenvalue weighted by atomic mass is 9.98. The predicted molar refractivity (Wildman–Crippen MR) is 105 cm³/mol. The molecule has 3 rings (SSSR count). The minimum Gasteiger partial charge on any atom is -0.383 e. The highest BCUT2D eigenvalue weighted by molar-refractivity contribution is 7.92. The van der Waals surface area contributed by atoms with E-state index in [9.17, 15) is 13.2 Å². The highest BCUT2D eigenvalue weighted by Crippen LogP contribution is 2.40. The van der Waals surface area contributed by atoms with Crippen molar-refractivity contribution in [2.45, 2.75) is 25.8 Å². The standard InChI is InChI=1S/C18H25N5O4S/c1-12(2)22-11-20-17(21-22)15-10-23(28(4,25)26)16-6-5-13(9-14(15)16)18(24)19-7-8-27-3/h5-6,9,11-12,15H,7-8,10H2,1-4H3,(H,19,24)/t15-/m0/s1. The van der Waals surface area contributed by atoms with Crippen LogP contribution in [0.1, 0.15) is 47.6 Å². The number of nitrogens with zero attached hydrogens (tertiary/aromatic N) is 4. The molecule has 0 fully saturated rings. The molecule has 0 bridgehead atoms. The number of nitrogens with one attached hydrogen (secondary N) is 1. The summed E-state index contributed by atoms with van der Waals surface area (Å²) in [5.41, 5.74) is 1.74. The number of carbonyl (C=O) groups is 1. The van der Waals surface area contributed by atoms with Crippen molar-refractivity contribution >= 4 is 21.6 Å². The summed E-state index contributed by atoms with van der Waals surface area (Å²) in [5, 5.41) is 7.28. The summed E-state index contributed by atoms with van der Waals surface area (Å²) in [6, 6.07) is 5.16. The summed E-state index contributed by atoms with van der Waals surface area (Å²) < 4.78 is 32.6. The number of hydrogen-bond donors (Lipinski definition) is 1. The van der Waals surface area contributed by atoms with Gasteiger partial charge in [0.2, 0.25) is 10.0 Å². The van der Waals surface area contributed by atoms with E-state index < -0.39 is 10.0 Å². The van der Waals surface area contributed by atoms with Gasteiger partial charge in [-0.15, -0.1) is 0 Å². The predicted octanol–water partition coefficient (Wildman–Crippen LogP) is 1.15. The lowest BCUT2D eigenvalue weighted by Crippen LogP contribution is -2.29. The largest absolute Gasteiger partial charge is 0.383 e. The molecule has 1 atom stereocenters. The summed E-state index contributed by atoms with van der Waals surface area (Å²) in [7, 11) is -1.90. The Bertz CT molecular complexity index is 970. The van der Waals surface area contributed by atoms with Crippen LogP contribution in [0.4, 0.5) is 5.69 Å². The van der Waals surface area contributed by atoms with Gasteiger partial charge in [-0.2, -0.15) is 5.10 Å². The zero-order valence-corrected chi connectivity index (χ0v) is 17.2. The number of benzene rings is 1. The molecule has 9 nitrogen and oxygen atoms in total. The number of aromatic nitrogens is 3. The van der Waals surface area contributed by atoms with Crippen molar-refractivity contribution < 1.29 is 17.9 Å². The zero-order valence-electron chi connectivity index (χ0n) is 16.4. The van der Waals surface area contributed by atoms with E-state index in [1.165, 1.54) is 10.6 Å². The number of rotatable bonds is 7. The molecule has 2 heterocycles. The van der Waals surface area contributed by atoms with Crippen LogP contribution in [0.15, 0.2) is 24.5 Å². The fourth-order valence-corrected chi connectivity index (χ4v) is 4.11. The van der Waals surface area contributed by atoms with Crippen molar-refractivity contribution in [1.29, 1.82) is 0 Å². The van der Waals surface area contributed by atoms with Crippen LogP contribution in [-0.4, -0.2) is 62.2 Å². The van der Waals surface area contributed by atoms with Gasteiger partial charge in [0.1, 0.15) is 6.33 Å². The first kappa shape index (κ1) is 20.3. The molecule has 1 aromatic carbocycles. The Labute approximate surface area is 164 Å². The molecular weight excluding hydrogens is 382 g/mol. The van der Waals surface area contributed by atoms with Gasteiger partial charge in [0.15, 0.2) is 5.82 Å². The van der Waals surface area contributed by atoms with Gasteiger partial charge in [-0.1, -0.05) is 0 Å². The molecule has 1 aliphatic heterocycles. The fourth-order valence-electron chi connectivity index (χ4n) is 3.16. The van der Waals surface area contributed by atoms with Gasteiger partial charge in [0.05, 0.1) is 24.5 Å². The van der Waals surface area contributed by atoms with E-state index in [0.717, 1.165) is 5.56 Å². The average molecular weight is 407 g/mol.